The van der Waals surface area contributed by atoms with Crippen LogP contribution in [0.1, 0.15) is 40.1 Å². The van der Waals surface area contributed by atoms with E-state index in [1.807, 2.05) is 13.8 Å². The molecule has 5 nitrogen and oxygen atoms in total. The minimum absolute atomic E-state index is 0.0800. The van der Waals surface area contributed by atoms with Gasteiger partial charge in [-0.1, -0.05) is 13.8 Å². The molecule has 1 heterocycles. The normalized spacial score (nSPS) is 12.1. The van der Waals surface area contributed by atoms with Crippen molar-refractivity contribution in [2.45, 2.75) is 26.8 Å². The number of hydrogen-bond donors (Lipinski definition) is 1. The topological polar surface area (TPSA) is 72.5 Å². The lowest BCUT2D eigenvalue weighted by atomic mass is 10.0. The highest BCUT2D eigenvalue weighted by atomic mass is 32.1. The molecular formula is C13H17NO4S. The largest absolute Gasteiger partial charge is 0.467 e. The fraction of sp³-hybridized carbons (Fsp3) is 0.462. The smallest absolute Gasteiger partial charge is 0.328 e. The van der Waals surface area contributed by atoms with Gasteiger partial charge in [0.25, 0.3) is 5.91 Å². The van der Waals surface area contributed by atoms with Gasteiger partial charge in [-0.15, -0.1) is 11.3 Å². The molecule has 1 amide bonds. The summed E-state index contributed by atoms with van der Waals surface area (Å²) in [6, 6.07) is 2.48. The molecule has 0 aromatic carbocycles. The van der Waals surface area contributed by atoms with Crippen LogP contribution in [-0.2, 0) is 9.53 Å². The Bertz CT molecular complexity index is 493. The molecule has 1 N–H and O–H groups in total. The van der Waals surface area contributed by atoms with Crippen LogP contribution < -0.4 is 5.32 Å². The fourth-order valence-corrected chi connectivity index (χ4v) is 2.29. The number of methoxy groups -OCH3 is 1. The van der Waals surface area contributed by atoms with E-state index in [-0.39, 0.29) is 17.6 Å². The van der Waals surface area contributed by atoms with Crippen molar-refractivity contribution < 1.29 is 19.1 Å². The number of ketones is 1. The highest BCUT2D eigenvalue weighted by Crippen LogP contribution is 2.17. The third-order valence-corrected chi connectivity index (χ3v) is 3.77. The highest BCUT2D eigenvalue weighted by molar-refractivity contribution is 7.15. The number of thiophene rings is 1. The molecule has 0 radical (unpaired) electrons. The molecule has 0 bridgehead atoms. The van der Waals surface area contributed by atoms with Crippen LogP contribution in [0.25, 0.3) is 0 Å². The SMILES string of the molecule is COC(=O)[C@H](NC(=O)c1ccc(C(C)=O)s1)C(C)C. The van der Waals surface area contributed by atoms with Crippen LogP contribution in [-0.4, -0.2) is 30.8 Å². The zero-order valence-electron chi connectivity index (χ0n) is 11.4. The predicted octanol–water partition coefficient (Wildman–Crippen LogP) is 1.88. The van der Waals surface area contributed by atoms with E-state index in [2.05, 4.69) is 10.1 Å². The summed E-state index contributed by atoms with van der Waals surface area (Å²) in [5, 5.41) is 2.62. The Balaban J connectivity index is 2.81. The van der Waals surface area contributed by atoms with E-state index in [0.717, 1.165) is 11.3 Å². The molecule has 0 unspecified atom stereocenters. The summed E-state index contributed by atoms with van der Waals surface area (Å²) < 4.78 is 4.65. The number of hydrogen-bond acceptors (Lipinski definition) is 5. The molecule has 6 heteroatoms. The Morgan fingerprint density at radius 1 is 1.21 bits per heavy atom. The van der Waals surface area contributed by atoms with Gasteiger partial charge in [-0.05, 0) is 25.0 Å². The number of Topliss-reactive ketones (excluding diaryl/α,β-unsaturated/α-hetero) is 1. The number of rotatable bonds is 5. The summed E-state index contributed by atoms with van der Waals surface area (Å²) in [7, 11) is 1.28. The van der Waals surface area contributed by atoms with Crippen molar-refractivity contribution >= 4 is 29.0 Å². The van der Waals surface area contributed by atoms with E-state index in [9.17, 15) is 14.4 Å². The molecule has 0 aliphatic carbocycles. The highest BCUT2D eigenvalue weighted by Gasteiger charge is 2.26. The van der Waals surface area contributed by atoms with Crippen molar-refractivity contribution in [1.29, 1.82) is 0 Å². The van der Waals surface area contributed by atoms with Gasteiger partial charge in [0.05, 0.1) is 16.9 Å². The van der Waals surface area contributed by atoms with E-state index in [4.69, 9.17) is 0 Å². The Kier molecular flexibility index (Phi) is 5.23. The maximum atomic E-state index is 12.0. The van der Waals surface area contributed by atoms with Gasteiger partial charge in [0.15, 0.2) is 5.78 Å². The standard InChI is InChI=1S/C13H17NO4S/c1-7(2)11(13(17)18-4)14-12(16)10-6-5-9(19-10)8(3)15/h5-7,11H,1-4H3,(H,14,16)/t11-/m1/s1. The second-order valence-corrected chi connectivity index (χ2v) is 5.52. The summed E-state index contributed by atoms with van der Waals surface area (Å²) in [4.78, 5) is 35.6. The predicted molar refractivity (Wildman–Crippen MR) is 72.4 cm³/mol. The summed E-state index contributed by atoms with van der Waals surface area (Å²) in [6.07, 6.45) is 0. The number of amides is 1. The van der Waals surface area contributed by atoms with Crippen molar-refractivity contribution in [2.24, 2.45) is 5.92 Å². The van der Waals surface area contributed by atoms with Gasteiger partial charge in [0, 0.05) is 0 Å². The van der Waals surface area contributed by atoms with Crippen molar-refractivity contribution in [2.75, 3.05) is 7.11 Å². The Morgan fingerprint density at radius 2 is 1.79 bits per heavy atom. The van der Waals surface area contributed by atoms with Crippen molar-refractivity contribution in [3.63, 3.8) is 0 Å². The minimum atomic E-state index is -0.694. The van der Waals surface area contributed by atoms with E-state index < -0.39 is 12.0 Å². The monoisotopic (exact) mass is 283 g/mol. The number of esters is 1. The second-order valence-electron chi connectivity index (χ2n) is 4.44. The zero-order valence-corrected chi connectivity index (χ0v) is 12.2. The van der Waals surface area contributed by atoms with Crippen molar-refractivity contribution in [1.82, 2.24) is 5.32 Å². The summed E-state index contributed by atoms with van der Waals surface area (Å²) in [6.45, 7) is 5.08. The Labute approximate surface area is 116 Å². The first-order valence-corrected chi connectivity index (χ1v) is 6.68. The van der Waals surface area contributed by atoms with Gasteiger partial charge in [0.2, 0.25) is 0 Å². The number of nitrogens with one attached hydrogen (secondary N) is 1. The fourth-order valence-electron chi connectivity index (χ4n) is 1.49. The molecule has 1 rings (SSSR count). The average Bonchev–Trinajstić information content (AvgIpc) is 2.84. The number of carbonyl (C=O) groups excluding carboxylic acids is 3. The third kappa shape index (κ3) is 3.89. The van der Waals surface area contributed by atoms with Gasteiger partial charge >= 0.3 is 5.97 Å². The van der Waals surface area contributed by atoms with Crippen LogP contribution in [0.4, 0.5) is 0 Å². The van der Waals surface area contributed by atoms with Gasteiger partial charge < -0.3 is 10.1 Å². The molecule has 0 fully saturated rings. The maximum absolute atomic E-state index is 12.0. The third-order valence-electron chi connectivity index (χ3n) is 2.59. The Hall–Kier alpha value is -1.69. The van der Waals surface area contributed by atoms with Gasteiger partial charge in [-0.3, -0.25) is 9.59 Å². The molecular weight excluding hydrogens is 266 g/mol. The van der Waals surface area contributed by atoms with Crippen LogP contribution >= 0.6 is 11.3 Å². The average molecular weight is 283 g/mol. The summed E-state index contributed by atoms with van der Waals surface area (Å²) in [5.41, 5.74) is 0. The molecule has 19 heavy (non-hydrogen) atoms. The maximum Gasteiger partial charge on any atom is 0.328 e. The van der Waals surface area contributed by atoms with Crippen molar-refractivity contribution in [3.8, 4) is 0 Å². The van der Waals surface area contributed by atoms with Gasteiger partial charge in [-0.25, -0.2) is 4.79 Å². The van der Waals surface area contributed by atoms with E-state index in [1.165, 1.54) is 14.0 Å². The minimum Gasteiger partial charge on any atom is -0.467 e. The van der Waals surface area contributed by atoms with Gasteiger partial charge in [-0.2, -0.15) is 0 Å². The molecule has 1 aromatic heterocycles. The lowest BCUT2D eigenvalue weighted by Crippen LogP contribution is -2.44. The first-order valence-electron chi connectivity index (χ1n) is 5.86. The van der Waals surface area contributed by atoms with Crippen LogP contribution in [0, 0.1) is 5.92 Å². The van der Waals surface area contributed by atoms with Crippen LogP contribution in [0.15, 0.2) is 12.1 Å². The molecule has 0 aliphatic heterocycles. The quantitative estimate of drug-likeness (QED) is 0.661. The first kappa shape index (κ1) is 15.4. The molecule has 104 valence electrons. The van der Waals surface area contributed by atoms with Crippen LogP contribution in [0.3, 0.4) is 0 Å². The van der Waals surface area contributed by atoms with Crippen LogP contribution in [0.2, 0.25) is 0 Å². The lowest BCUT2D eigenvalue weighted by molar-refractivity contribution is -0.144. The molecule has 0 saturated heterocycles. The van der Waals surface area contributed by atoms with Crippen molar-refractivity contribution in [3.05, 3.63) is 21.9 Å². The molecule has 0 spiro atoms. The lowest BCUT2D eigenvalue weighted by Gasteiger charge is -2.19. The Morgan fingerprint density at radius 3 is 2.21 bits per heavy atom. The molecule has 0 saturated carbocycles. The van der Waals surface area contributed by atoms with E-state index >= 15 is 0 Å². The second kappa shape index (κ2) is 6.47. The molecule has 1 aromatic rings. The number of ether oxygens (including phenoxy) is 1. The van der Waals surface area contributed by atoms with Crippen LogP contribution in [0.5, 0.6) is 0 Å². The van der Waals surface area contributed by atoms with E-state index in [1.54, 1.807) is 12.1 Å². The number of carbonyl (C=O) groups is 3. The van der Waals surface area contributed by atoms with E-state index in [0.29, 0.717) is 9.75 Å². The van der Waals surface area contributed by atoms with Gasteiger partial charge in [0.1, 0.15) is 6.04 Å². The first-order chi connectivity index (χ1) is 8.86. The summed E-state index contributed by atoms with van der Waals surface area (Å²) >= 11 is 1.11. The zero-order chi connectivity index (χ0) is 14.6. The summed E-state index contributed by atoms with van der Waals surface area (Å²) in [5.74, 6) is -1.02. The molecule has 1 atom stereocenters. The molecule has 0 aliphatic rings.